The predicted molar refractivity (Wildman–Crippen MR) is 79.2 cm³/mol. The van der Waals surface area contributed by atoms with E-state index in [1.54, 1.807) is 0 Å². The normalized spacial score (nSPS) is 10.5. The minimum Gasteiger partial charge on any atom is -0.468 e. The largest absolute Gasteiger partial charge is 0.468 e. The lowest BCUT2D eigenvalue weighted by molar-refractivity contribution is -0.382. The number of benzene rings is 1. The van der Waals surface area contributed by atoms with Crippen LogP contribution < -0.4 is 10.6 Å². The van der Waals surface area contributed by atoms with Gasteiger partial charge in [-0.25, -0.2) is 4.63 Å². The number of methoxy groups -OCH3 is 1. The molecule has 1 heterocycles. The Hall–Kier alpha value is -2.95. The lowest BCUT2D eigenvalue weighted by Gasteiger charge is -2.10. The van der Waals surface area contributed by atoms with E-state index in [1.165, 1.54) is 13.2 Å². The molecule has 2 rings (SSSR count). The van der Waals surface area contributed by atoms with Crippen molar-refractivity contribution in [2.24, 2.45) is 0 Å². The van der Waals surface area contributed by atoms with Gasteiger partial charge in [-0.3, -0.25) is 14.9 Å². The highest BCUT2D eigenvalue weighted by molar-refractivity contribution is 6.00. The molecule has 0 saturated heterocycles. The Morgan fingerprint density at radius 2 is 2.13 bits per heavy atom. The number of carbonyl (C=O) groups excluding carboxylic acids is 1. The van der Waals surface area contributed by atoms with Crippen molar-refractivity contribution in [3.05, 3.63) is 16.2 Å². The van der Waals surface area contributed by atoms with Crippen LogP contribution in [-0.4, -0.2) is 53.1 Å². The molecular weight excluding hydrogens is 310 g/mol. The van der Waals surface area contributed by atoms with Crippen molar-refractivity contribution >= 4 is 34.1 Å². The molecule has 1 aromatic heterocycles. The first-order chi connectivity index (χ1) is 11.1. The van der Waals surface area contributed by atoms with Gasteiger partial charge in [-0.05, 0) is 22.8 Å². The van der Waals surface area contributed by atoms with E-state index in [-0.39, 0.29) is 35.6 Å². The average Bonchev–Trinajstić information content (AvgIpc) is 3.01. The summed E-state index contributed by atoms with van der Waals surface area (Å²) in [7, 11) is 1.25. The molecule has 0 atom stereocenters. The lowest BCUT2D eigenvalue weighted by atomic mass is 10.2. The molecule has 3 N–H and O–H groups in total. The van der Waals surface area contributed by atoms with Gasteiger partial charge in [0.15, 0.2) is 5.52 Å². The fraction of sp³-hybridized carbons (Fsp3) is 0.417. The van der Waals surface area contributed by atoms with Crippen LogP contribution in [0.5, 0.6) is 0 Å². The van der Waals surface area contributed by atoms with Crippen LogP contribution in [0.25, 0.3) is 11.0 Å². The van der Waals surface area contributed by atoms with E-state index in [9.17, 15) is 14.9 Å². The van der Waals surface area contributed by atoms with E-state index in [2.05, 4.69) is 30.3 Å². The van der Waals surface area contributed by atoms with Crippen molar-refractivity contribution in [1.29, 1.82) is 0 Å². The number of rotatable bonds is 8. The Balaban J connectivity index is 2.42. The molecule has 0 fully saturated rings. The summed E-state index contributed by atoms with van der Waals surface area (Å²) >= 11 is 0. The second-order valence-corrected chi connectivity index (χ2v) is 4.47. The number of aliphatic hydroxyl groups is 1. The zero-order valence-electron chi connectivity index (χ0n) is 12.2. The van der Waals surface area contributed by atoms with Crippen molar-refractivity contribution in [3.63, 3.8) is 0 Å². The van der Waals surface area contributed by atoms with Gasteiger partial charge in [0.05, 0.1) is 17.7 Å². The molecule has 11 nitrogen and oxygen atoms in total. The van der Waals surface area contributed by atoms with E-state index < -0.39 is 10.9 Å². The van der Waals surface area contributed by atoms with Gasteiger partial charge in [-0.1, -0.05) is 0 Å². The molecule has 0 aliphatic carbocycles. The van der Waals surface area contributed by atoms with Crippen LogP contribution >= 0.6 is 0 Å². The highest BCUT2D eigenvalue weighted by Gasteiger charge is 2.25. The van der Waals surface area contributed by atoms with Crippen molar-refractivity contribution < 1.29 is 24.2 Å². The third-order valence-corrected chi connectivity index (χ3v) is 3.00. The molecule has 0 amide bonds. The molecule has 0 aliphatic rings. The van der Waals surface area contributed by atoms with E-state index in [0.717, 1.165) is 0 Å². The highest BCUT2D eigenvalue weighted by atomic mass is 16.6. The van der Waals surface area contributed by atoms with Crippen LogP contribution in [0.3, 0.4) is 0 Å². The molecule has 23 heavy (non-hydrogen) atoms. The van der Waals surface area contributed by atoms with E-state index in [1.807, 2.05) is 0 Å². The van der Waals surface area contributed by atoms with Gasteiger partial charge in [0.25, 0.3) is 0 Å². The molecule has 124 valence electrons. The van der Waals surface area contributed by atoms with Crippen molar-refractivity contribution in [2.75, 3.05) is 37.4 Å². The number of fused-ring (bicyclic) bond motifs is 1. The van der Waals surface area contributed by atoms with Crippen LogP contribution in [0.2, 0.25) is 0 Å². The highest BCUT2D eigenvalue weighted by Crippen LogP contribution is 2.36. The molecule has 0 aliphatic heterocycles. The molecule has 0 spiro atoms. The van der Waals surface area contributed by atoms with Gasteiger partial charge < -0.3 is 20.5 Å². The smallest absolute Gasteiger partial charge is 0.325 e. The summed E-state index contributed by atoms with van der Waals surface area (Å²) in [6, 6.07) is 1.44. The number of nitrogens with zero attached hydrogens (tertiary/aromatic N) is 3. The Bertz CT molecular complexity index is 715. The van der Waals surface area contributed by atoms with Crippen LogP contribution in [-0.2, 0) is 9.53 Å². The van der Waals surface area contributed by atoms with Crippen molar-refractivity contribution in [2.45, 2.75) is 6.42 Å². The standard InChI is InChI=1S/C12H15N5O6/c1-22-9(19)6-14-7-5-8(13-3-2-4-18)12(17(20)21)11-10(7)15-23-16-11/h5,13-14,18H,2-4,6H2,1H3. The number of aliphatic hydroxyl groups excluding tert-OH is 1. The zero-order chi connectivity index (χ0) is 16.8. The second kappa shape index (κ2) is 7.35. The Morgan fingerprint density at radius 1 is 1.39 bits per heavy atom. The fourth-order valence-electron chi connectivity index (χ4n) is 1.93. The first kappa shape index (κ1) is 16.4. The molecular formula is C12H15N5O6. The number of esters is 1. The first-order valence-electron chi connectivity index (χ1n) is 6.67. The average molecular weight is 325 g/mol. The Morgan fingerprint density at radius 3 is 2.78 bits per heavy atom. The molecule has 0 bridgehead atoms. The van der Waals surface area contributed by atoms with Crippen LogP contribution in [0.4, 0.5) is 17.1 Å². The maximum absolute atomic E-state index is 11.3. The topological polar surface area (TPSA) is 153 Å². The predicted octanol–water partition coefficient (Wildman–Crippen LogP) is 0.510. The Labute approximate surface area is 129 Å². The number of ether oxygens (including phenoxy) is 1. The quantitative estimate of drug-likeness (QED) is 0.271. The maximum atomic E-state index is 11.3. The molecule has 0 saturated carbocycles. The maximum Gasteiger partial charge on any atom is 0.325 e. The monoisotopic (exact) mass is 325 g/mol. The zero-order valence-corrected chi connectivity index (χ0v) is 12.2. The third kappa shape index (κ3) is 3.63. The van der Waals surface area contributed by atoms with Crippen molar-refractivity contribution in [1.82, 2.24) is 10.3 Å². The summed E-state index contributed by atoms with van der Waals surface area (Å²) < 4.78 is 9.11. The van der Waals surface area contributed by atoms with Crippen LogP contribution in [0.15, 0.2) is 10.7 Å². The number of hydrogen-bond acceptors (Lipinski definition) is 10. The van der Waals surface area contributed by atoms with Gasteiger partial charge in [0.1, 0.15) is 12.2 Å². The minimum atomic E-state index is -0.599. The number of aromatic nitrogens is 2. The first-order valence-corrected chi connectivity index (χ1v) is 6.67. The SMILES string of the molecule is COC(=O)CNc1cc(NCCCO)c([N+](=O)[O-])c2nonc12. The fourth-order valence-corrected chi connectivity index (χ4v) is 1.93. The van der Waals surface area contributed by atoms with E-state index in [4.69, 9.17) is 5.11 Å². The molecule has 11 heteroatoms. The summed E-state index contributed by atoms with van der Waals surface area (Å²) in [6.45, 7) is 0.124. The van der Waals surface area contributed by atoms with Crippen LogP contribution in [0, 0.1) is 10.1 Å². The number of nitro groups is 1. The molecule has 2 aromatic rings. The second-order valence-electron chi connectivity index (χ2n) is 4.47. The minimum absolute atomic E-state index is 0.0450. The summed E-state index contributed by atoms with van der Waals surface area (Å²) in [6.07, 6.45) is 0.414. The number of hydrogen-bond donors (Lipinski definition) is 3. The van der Waals surface area contributed by atoms with Crippen LogP contribution in [0.1, 0.15) is 6.42 Å². The third-order valence-electron chi connectivity index (χ3n) is 3.00. The summed E-state index contributed by atoms with van der Waals surface area (Å²) in [5.41, 5.74) is 0.315. The van der Waals surface area contributed by atoms with Gasteiger partial charge in [0, 0.05) is 13.2 Å². The number of anilines is 2. The number of carbonyl (C=O) groups is 1. The van der Waals surface area contributed by atoms with Crippen molar-refractivity contribution in [3.8, 4) is 0 Å². The molecule has 0 radical (unpaired) electrons. The lowest BCUT2D eigenvalue weighted by Crippen LogP contribution is -2.15. The summed E-state index contributed by atoms with van der Waals surface area (Å²) in [5.74, 6) is -0.511. The van der Waals surface area contributed by atoms with Gasteiger partial charge >= 0.3 is 11.7 Å². The van der Waals surface area contributed by atoms with Gasteiger partial charge in [-0.15, -0.1) is 0 Å². The number of nitrogens with one attached hydrogen (secondary N) is 2. The summed E-state index contributed by atoms with van der Waals surface area (Å²) in [4.78, 5) is 21.9. The van der Waals surface area contributed by atoms with E-state index in [0.29, 0.717) is 18.7 Å². The number of nitro benzene ring substituents is 1. The Kier molecular flexibility index (Phi) is 5.25. The van der Waals surface area contributed by atoms with Gasteiger partial charge in [0.2, 0.25) is 5.52 Å². The molecule has 0 unspecified atom stereocenters. The van der Waals surface area contributed by atoms with Gasteiger partial charge in [-0.2, -0.15) is 0 Å². The summed E-state index contributed by atoms with van der Waals surface area (Å²) in [5, 5.41) is 32.9. The molecule has 1 aromatic carbocycles. The van der Waals surface area contributed by atoms with E-state index >= 15 is 0 Å².